The number of hydrogen-bond acceptors (Lipinski definition) is 1. The zero-order chi connectivity index (χ0) is 8.00. The van der Waals surface area contributed by atoms with Crippen LogP contribution < -0.4 is 0 Å². The molecule has 0 atom stereocenters. The molecule has 0 fully saturated rings. The van der Waals surface area contributed by atoms with Crippen molar-refractivity contribution in [1.29, 1.82) is 5.46 Å². The third-order valence-electron chi connectivity index (χ3n) is 0. The van der Waals surface area contributed by atoms with E-state index < -0.39 is 0 Å². The summed E-state index contributed by atoms with van der Waals surface area (Å²) in [5.74, 6) is 0. The van der Waals surface area contributed by atoms with Crippen LogP contribution in [-0.2, 0) is 35.5 Å². The summed E-state index contributed by atoms with van der Waals surface area (Å²) in [6, 6.07) is 0. The average Bonchev–Trinajstić information content (AvgIpc) is 2.03. The molecule has 0 N–H and O–H groups in total. The monoisotopic (exact) mass is 173 g/mol. The molecule has 1 radical (unpaired) electrons. The standard InChI is InChI=1S/3CO.Co.NO/c3*1-2;;1-2/q;;;;+1. The summed E-state index contributed by atoms with van der Waals surface area (Å²) in [6.07, 6.45) is 0. The minimum absolute atomic E-state index is 0. The Kier molecular flexibility index (Phi) is 3680. The van der Waals surface area contributed by atoms with Crippen molar-refractivity contribution in [3.8, 4) is 0 Å². The fourth-order valence-electron chi connectivity index (χ4n) is 0. The quantitative estimate of drug-likeness (QED) is 0.366. The van der Waals surface area contributed by atoms with Gasteiger partial charge in [0, 0.05) is 16.8 Å². The number of rotatable bonds is 0. The molecule has 0 bridgehead atoms. The normalized spacial score (nSPS) is 0.889. The molecule has 49 valence electrons. The van der Waals surface area contributed by atoms with E-state index >= 15 is 0 Å². The molecule has 9 heavy (non-hydrogen) atoms. The first kappa shape index (κ1) is 39.8. The largest absolute Gasteiger partial charge is 0 e. The van der Waals surface area contributed by atoms with Gasteiger partial charge in [0.05, 0.1) is 0 Å². The molecular formula is C3CoNO4+. The molecule has 0 aliphatic rings. The van der Waals surface area contributed by atoms with Gasteiger partial charge in [-0.3, -0.25) is 0 Å². The summed E-state index contributed by atoms with van der Waals surface area (Å²) >= 11 is 0. The van der Waals surface area contributed by atoms with Crippen molar-refractivity contribution in [2.75, 3.05) is 0 Å². The predicted octanol–water partition coefficient (Wildman–Crippen LogP) is -0.219. The van der Waals surface area contributed by atoms with E-state index in [1.807, 2.05) is 0 Å². The number of nitrogens with zero attached hydrogens (tertiary/aromatic N) is 1. The van der Waals surface area contributed by atoms with Crippen LogP contribution in [0.2, 0.25) is 0 Å². The van der Waals surface area contributed by atoms with Gasteiger partial charge in [-0.15, -0.1) is 0 Å². The Hall–Kier alpha value is -0.604. The Morgan fingerprint density at radius 3 is 0.667 bits per heavy atom. The van der Waals surface area contributed by atoms with Gasteiger partial charge in [0.25, 0.3) is 0 Å². The molecule has 0 aliphatic carbocycles. The Bertz CT molecular complexity index is 58.8. The van der Waals surface area contributed by atoms with E-state index in [4.69, 9.17) is 24.2 Å². The minimum atomic E-state index is 0. The molecule has 0 saturated heterocycles. The maximum absolute atomic E-state index is 7.50. The van der Waals surface area contributed by atoms with Crippen LogP contribution in [0.3, 0.4) is 0 Å². The molecule has 0 spiro atoms. The van der Waals surface area contributed by atoms with Gasteiger partial charge < -0.3 is 0 Å². The fourth-order valence-corrected chi connectivity index (χ4v) is 0. The molecule has 0 aromatic rings. The molecule has 0 rings (SSSR count). The van der Waals surface area contributed by atoms with E-state index in [0.717, 1.165) is 0 Å². The van der Waals surface area contributed by atoms with Crippen LogP contribution in [-0.4, -0.2) is 0 Å². The fraction of sp³-hybridized carbons (Fsp3) is 0. The van der Waals surface area contributed by atoms with Gasteiger partial charge in [-0.05, 0) is 0 Å². The summed E-state index contributed by atoms with van der Waals surface area (Å²) in [5.41, 5.74) is 5.75. The van der Waals surface area contributed by atoms with E-state index in [1.165, 1.54) is 0 Å². The van der Waals surface area contributed by atoms with Crippen LogP contribution in [0.1, 0.15) is 0 Å². The van der Waals surface area contributed by atoms with Gasteiger partial charge in [0.1, 0.15) is 0 Å². The average molecular weight is 173 g/mol. The third-order valence-corrected chi connectivity index (χ3v) is 0. The van der Waals surface area contributed by atoms with Crippen LogP contribution in [0.5, 0.6) is 0 Å². The topological polar surface area (TPSA) is 103 Å². The van der Waals surface area contributed by atoms with Gasteiger partial charge in [0.2, 0.25) is 0 Å². The van der Waals surface area contributed by atoms with Crippen LogP contribution in [0.4, 0.5) is 0 Å². The van der Waals surface area contributed by atoms with Gasteiger partial charge in [-0.25, -0.2) is 0 Å². The molecule has 0 aromatic carbocycles. The van der Waals surface area contributed by atoms with E-state index in [0.29, 0.717) is 0 Å². The zero-order valence-corrected chi connectivity index (χ0v) is 4.95. The second-order valence-electron chi connectivity index (χ2n) is 0. The molecular weight excluding hydrogens is 173 g/mol. The van der Waals surface area contributed by atoms with Gasteiger partial charge in [-0.1, -0.05) is 0 Å². The van der Waals surface area contributed by atoms with Crippen molar-refractivity contribution in [1.82, 2.24) is 0 Å². The summed E-state index contributed by atoms with van der Waals surface area (Å²) in [7, 11) is 0. The Balaban J connectivity index is -0.00000000762. The Morgan fingerprint density at radius 1 is 0.667 bits per heavy atom. The molecule has 0 saturated carbocycles. The van der Waals surface area contributed by atoms with E-state index in [2.05, 4.69) is 20.0 Å². The van der Waals surface area contributed by atoms with Crippen LogP contribution in [0.15, 0.2) is 0 Å². The first-order valence-corrected chi connectivity index (χ1v) is 0.795. The molecule has 0 amide bonds. The van der Waals surface area contributed by atoms with Gasteiger partial charge >= 0.3 is 44.1 Å². The van der Waals surface area contributed by atoms with Crippen LogP contribution in [0, 0.1) is 25.4 Å². The second kappa shape index (κ2) is 831. The summed E-state index contributed by atoms with van der Waals surface area (Å²) in [4.78, 5) is 0. The molecule has 0 heterocycles. The van der Waals surface area contributed by atoms with E-state index in [1.54, 1.807) is 0 Å². The first-order chi connectivity index (χ1) is 4.00. The Labute approximate surface area is 61.7 Å². The maximum Gasteiger partial charge on any atom is 0 e. The van der Waals surface area contributed by atoms with Crippen molar-refractivity contribution in [2.45, 2.75) is 0 Å². The molecule has 0 aromatic heterocycles. The minimum Gasteiger partial charge on any atom is 0 e. The molecule has 0 aliphatic heterocycles. The van der Waals surface area contributed by atoms with Crippen molar-refractivity contribution in [3.63, 3.8) is 0 Å². The van der Waals surface area contributed by atoms with Crippen molar-refractivity contribution >= 4 is 0 Å². The summed E-state index contributed by atoms with van der Waals surface area (Å²) in [5, 5.41) is 0. The molecule has 6 heteroatoms. The van der Waals surface area contributed by atoms with Crippen molar-refractivity contribution in [3.05, 3.63) is 20.0 Å². The summed E-state index contributed by atoms with van der Waals surface area (Å²) < 4.78 is 29.8. The first-order valence-electron chi connectivity index (χ1n) is 0.795. The number of hydrogen-bond donors (Lipinski definition) is 0. The van der Waals surface area contributed by atoms with E-state index in [-0.39, 0.29) is 16.8 Å². The predicted molar refractivity (Wildman–Crippen MR) is 14.2 cm³/mol. The molecule has 5 nitrogen and oxygen atoms in total. The zero-order valence-electron chi connectivity index (χ0n) is 3.91. The molecule has 0 unspecified atom stereocenters. The van der Waals surface area contributed by atoms with Crippen molar-refractivity contribution in [2.24, 2.45) is 0 Å². The second-order valence-corrected chi connectivity index (χ2v) is 0. The Morgan fingerprint density at radius 2 is 0.667 bits per heavy atom. The smallest absolute Gasteiger partial charge is 0 e. The van der Waals surface area contributed by atoms with Gasteiger partial charge in [0.15, 0.2) is 0 Å². The van der Waals surface area contributed by atoms with Crippen LogP contribution >= 0.6 is 0 Å². The van der Waals surface area contributed by atoms with E-state index in [9.17, 15) is 0 Å². The van der Waals surface area contributed by atoms with Crippen molar-refractivity contribution < 1.29 is 35.5 Å². The summed E-state index contributed by atoms with van der Waals surface area (Å²) in [6.45, 7) is 13.5. The third kappa shape index (κ3) is 591. The van der Waals surface area contributed by atoms with Crippen LogP contribution in [0.25, 0.3) is 0 Å². The van der Waals surface area contributed by atoms with Gasteiger partial charge in [-0.2, -0.15) is 0 Å². The maximum atomic E-state index is 7.50. The SMILES string of the molecule is N#[O+].[C-]#[O+].[C-]#[O+].[C-]#[O+].[Co].